The molecule has 0 amide bonds. The lowest BCUT2D eigenvalue weighted by molar-refractivity contribution is 0.250. The topological polar surface area (TPSA) is 59.2 Å². The van der Waals surface area contributed by atoms with Crippen molar-refractivity contribution in [2.24, 2.45) is 5.92 Å². The largest absolute Gasteiger partial charge is 0.396 e. The van der Waals surface area contributed by atoms with Crippen molar-refractivity contribution in [3.05, 3.63) is 11.7 Å². The summed E-state index contributed by atoms with van der Waals surface area (Å²) in [5.41, 5.74) is 0. The number of hydrogen-bond acceptors (Lipinski definition) is 5. The Bertz CT molecular complexity index is 315. The molecule has 0 saturated carbocycles. The molecule has 0 aliphatic heterocycles. The van der Waals surface area contributed by atoms with Crippen LogP contribution in [0.25, 0.3) is 0 Å². The van der Waals surface area contributed by atoms with Gasteiger partial charge in [-0.15, -0.1) is 11.8 Å². The Hall–Kier alpha value is -0.550. The summed E-state index contributed by atoms with van der Waals surface area (Å²) in [7, 11) is 0. The van der Waals surface area contributed by atoms with Gasteiger partial charge in [-0.05, 0) is 18.6 Å². The van der Waals surface area contributed by atoms with Crippen LogP contribution in [-0.2, 0) is 0 Å². The number of thioether (sulfide) groups is 1. The summed E-state index contributed by atoms with van der Waals surface area (Å²) in [6, 6.07) is 0. The fraction of sp³-hybridized carbons (Fsp3) is 0.818. The van der Waals surface area contributed by atoms with Crippen LogP contribution in [0.2, 0.25) is 0 Å². The maximum absolute atomic E-state index is 8.93. The zero-order valence-electron chi connectivity index (χ0n) is 10.3. The molecule has 16 heavy (non-hydrogen) atoms. The Morgan fingerprint density at radius 3 is 2.50 bits per heavy atom. The van der Waals surface area contributed by atoms with Crippen molar-refractivity contribution in [3.8, 4) is 0 Å². The third-order valence-electron chi connectivity index (χ3n) is 2.26. The molecule has 1 heterocycles. The van der Waals surface area contributed by atoms with Gasteiger partial charge in [0.1, 0.15) is 0 Å². The van der Waals surface area contributed by atoms with Gasteiger partial charge in [0.2, 0.25) is 5.89 Å². The van der Waals surface area contributed by atoms with Crippen LogP contribution < -0.4 is 0 Å². The minimum absolute atomic E-state index is 0.189. The molecular weight excluding hydrogens is 224 g/mol. The van der Waals surface area contributed by atoms with Crippen LogP contribution in [0.3, 0.4) is 0 Å². The van der Waals surface area contributed by atoms with Crippen molar-refractivity contribution in [1.29, 1.82) is 0 Å². The summed E-state index contributed by atoms with van der Waals surface area (Å²) in [5, 5.41) is 13.1. The van der Waals surface area contributed by atoms with E-state index in [0.29, 0.717) is 17.7 Å². The van der Waals surface area contributed by atoms with Crippen LogP contribution in [0.4, 0.5) is 0 Å². The van der Waals surface area contributed by atoms with E-state index in [1.807, 2.05) is 27.7 Å². The molecule has 1 N–H and O–H groups in total. The molecule has 0 aliphatic carbocycles. The van der Waals surface area contributed by atoms with Crippen molar-refractivity contribution in [2.75, 3.05) is 12.4 Å². The second kappa shape index (κ2) is 6.25. The molecule has 1 aromatic heterocycles. The van der Waals surface area contributed by atoms with E-state index in [1.54, 1.807) is 11.8 Å². The first kappa shape index (κ1) is 13.5. The monoisotopic (exact) mass is 244 g/mol. The highest BCUT2D eigenvalue weighted by Crippen LogP contribution is 2.29. The lowest BCUT2D eigenvalue weighted by atomic mass is 10.2. The molecule has 1 rings (SSSR count). The predicted octanol–water partition coefficient (Wildman–Crippen LogP) is 2.62. The number of nitrogens with zero attached hydrogens (tertiary/aromatic N) is 2. The van der Waals surface area contributed by atoms with Gasteiger partial charge in [0.25, 0.3) is 0 Å². The molecule has 2 unspecified atom stereocenters. The Kier molecular flexibility index (Phi) is 5.28. The number of aliphatic hydroxyl groups excluding tert-OH is 1. The van der Waals surface area contributed by atoms with Crippen molar-refractivity contribution in [2.45, 2.75) is 38.9 Å². The maximum Gasteiger partial charge on any atom is 0.239 e. The van der Waals surface area contributed by atoms with E-state index in [2.05, 4.69) is 10.1 Å². The van der Waals surface area contributed by atoms with Crippen molar-refractivity contribution in [3.63, 3.8) is 0 Å². The standard InChI is InChI=1S/C11H20N2O2S/c1-7(2)10-12-11(15-13-10)9(4)16-6-8(3)5-14/h7-9,14H,5-6H2,1-4H3. The average Bonchev–Trinajstić information content (AvgIpc) is 2.74. The summed E-state index contributed by atoms with van der Waals surface area (Å²) in [4.78, 5) is 4.35. The average molecular weight is 244 g/mol. The molecule has 0 aliphatic rings. The van der Waals surface area contributed by atoms with Crippen LogP contribution in [0.5, 0.6) is 0 Å². The minimum atomic E-state index is 0.189. The molecule has 0 saturated heterocycles. The molecule has 4 nitrogen and oxygen atoms in total. The maximum atomic E-state index is 8.93. The first-order valence-electron chi connectivity index (χ1n) is 5.60. The van der Waals surface area contributed by atoms with Crippen LogP contribution in [0.15, 0.2) is 4.52 Å². The number of aromatic nitrogens is 2. The predicted molar refractivity (Wildman–Crippen MR) is 65.5 cm³/mol. The summed E-state index contributed by atoms with van der Waals surface area (Å²) >= 11 is 1.73. The molecule has 0 fully saturated rings. The van der Waals surface area contributed by atoms with Gasteiger partial charge in [-0.2, -0.15) is 4.98 Å². The molecule has 0 radical (unpaired) electrons. The summed E-state index contributed by atoms with van der Waals surface area (Å²) < 4.78 is 5.21. The van der Waals surface area contributed by atoms with Crippen molar-refractivity contribution >= 4 is 11.8 Å². The normalized spacial score (nSPS) is 15.4. The number of aliphatic hydroxyl groups is 1. The molecule has 0 bridgehead atoms. The highest BCUT2D eigenvalue weighted by Gasteiger charge is 2.16. The molecule has 0 spiro atoms. The summed E-state index contributed by atoms with van der Waals surface area (Å²) in [6.07, 6.45) is 0. The van der Waals surface area contributed by atoms with E-state index >= 15 is 0 Å². The summed E-state index contributed by atoms with van der Waals surface area (Å²) in [6.45, 7) is 8.38. The Morgan fingerprint density at radius 1 is 1.31 bits per heavy atom. The van der Waals surface area contributed by atoms with Crippen LogP contribution in [-0.4, -0.2) is 27.6 Å². The summed E-state index contributed by atoms with van der Waals surface area (Å²) in [5.74, 6) is 2.94. The van der Waals surface area contributed by atoms with E-state index in [-0.39, 0.29) is 11.9 Å². The first-order valence-corrected chi connectivity index (χ1v) is 6.65. The van der Waals surface area contributed by atoms with Crippen molar-refractivity contribution < 1.29 is 9.63 Å². The molecule has 0 aromatic carbocycles. The van der Waals surface area contributed by atoms with E-state index < -0.39 is 0 Å². The lowest BCUT2D eigenvalue weighted by Crippen LogP contribution is -2.05. The van der Waals surface area contributed by atoms with Crippen molar-refractivity contribution in [1.82, 2.24) is 10.1 Å². The molecular formula is C11H20N2O2S. The third kappa shape index (κ3) is 3.79. The number of rotatable bonds is 6. The molecule has 5 heteroatoms. The van der Waals surface area contributed by atoms with Crippen LogP contribution in [0.1, 0.15) is 50.6 Å². The van der Waals surface area contributed by atoms with Gasteiger partial charge >= 0.3 is 0 Å². The smallest absolute Gasteiger partial charge is 0.239 e. The van der Waals surface area contributed by atoms with Crippen LogP contribution >= 0.6 is 11.8 Å². The fourth-order valence-corrected chi connectivity index (χ4v) is 2.04. The highest BCUT2D eigenvalue weighted by atomic mass is 32.2. The molecule has 1 aromatic rings. The van der Waals surface area contributed by atoms with E-state index in [4.69, 9.17) is 9.63 Å². The van der Waals surface area contributed by atoms with Gasteiger partial charge in [0, 0.05) is 12.5 Å². The second-order valence-electron chi connectivity index (χ2n) is 4.41. The highest BCUT2D eigenvalue weighted by molar-refractivity contribution is 7.99. The van der Waals surface area contributed by atoms with E-state index in [1.165, 1.54) is 0 Å². The molecule has 2 atom stereocenters. The van der Waals surface area contributed by atoms with Gasteiger partial charge in [0.15, 0.2) is 5.82 Å². The fourth-order valence-electron chi connectivity index (χ4n) is 1.08. The minimum Gasteiger partial charge on any atom is -0.396 e. The van der Waals surface area contributed by atoms with E-state index in [0.717, 1.165) is 11.6 Å². The van der Waals surface area contributed by atoms with Gasteiger partial charge in [0.05, 0.1) is 5.25 Å². The second-order valence-corrected chi connectivity index (χ2v) is 5.78. The van der Waals surface area contributed by atoms with Gasteiger partial charge in [-0.1, -0.05) is 25.9 Å². The van der Waals surface area contributed by atoms with E-state index in [9.17, 15) is 0 Å². The zero-order chi connectivity index (χ0) is 12.1. The first-order chi connectivity index (χ1) is 7.54. The Morgan fingerprint density at radius 2 is 2.00 bits per heavy atom. The molecule has 92 valence electrons. The Balaban J connectivity index is 2.49. The third-order valence-corrected chi connectivity index (χ3v) is 3.73. The Labute approximate surface area is 101 Å². The quantitative estimate of drug-likeness (QED) is 0.833. The van der Waals surface area contributed by atoms with Gasteiger partial charge in [-0.3, -0.25) is 0 Å². The zero-order valence-corrected chi connectivity index (χ0v) is 11.1. The lowest BCUT2D eigenvalue weighted by Gasteiger charge is -2.09. The van der Waals surface area contributed by atoms with Crippen LogP contribution in [0, 0.1) is 5.92 Å². The number of hydrogen-bond donors (Lipinski definition) is 1. The van der Waals surface area contributed by atoms with Gasteiger partial charge < -0.3 is 9.63 Å². The van der Waals surface area contributed by atoms with Gasteiger partial charge in [-0.25, -0.2) is 0 Å². The SMILES string of the molecule is CC(CO)CSC(C)c1nc(C(C)C)no1.